The molecule has 0 amide bonds. The summed E-state index contributed by atoms with van der Waals surface area (Å²) in [4.78, 5) is 6.71. The number of hydrogen-bond acceptors (Lipinski definition) is 5. The maximum absolute atomic E-state index is 12.7. The lowest BCUT2D eigenvalue weighted by atomic mass is 9.64. The molecule has 0 spiro atoms. The van der Waals surface area contributed by atoms with Gasteiger partial charge in [-0.15, -0.1) is 0 Å². The Balaban J connectivity index is 2.13. The standard InChI is InChI=1S/C13H19F3N4O/c1-4-21-8-5-7(12(8,2)3)18-10-6-9(17)19-11(20-10)13(14,15)16/h6-8H,4-5H2,1-3H3,(H3,17,18,19,20). The van der Waals surface area contributed by atoms with E-state index in [1.165, 1.54) is 6.07 Å². The Morgan fingerprint density at radius 2 is 2.10 bits per heavy atom. The third-order valence-corrected chi connectivity index (χ3v) is 3.87. The van der Waals surface area contributed by atoms with Crippen LogP contribution in [0.15, 0.2) is 6.07 Å². The summed E-state index contributed by atoms with van der Waals surface area (Å²) in [7, 11) is 0. The van der Waals surface area contributed by atoms with Crippen LogP contribution in [0.1, 0.15) is 33.0 Å². The van der Waals surface area contributed by atoms with Gasteiger partial charge in [0.1, 0.15) is 11.6 Å². The number of hydrogen-bond donors (Lipinski definition) is 2. The highest BCUT2D eigenvalue weighted by Gasteiger charge is 2.49. The first-order valence-corrected chi connectivity index (χ1v) is 6.74. The molecule has 1 fully saturated rings. The summed E-state index contributed by atoms with van der Waals surface area (Å²) >= 11 is 0. The summed E-state index contributed by atoms with van der Waals surface area (Å²) in [6, 6.07) is 1.28. The lowest BCUT2D eigenvalue weighted by Gasteiger charge is -2.51. The molecule has 1 aliphatic carbocycles. The first kappa shape index (κ1) is 15.8. The summed E-state index contributed by atoms with van der Waals surface area (Å²) in [6.45, 7) is 6.53. The molecule has 0 bridgehead atoms. The van der Waals surface area contributed by atoms with Crippen LogP contribution in [0.5, 0.6) is 0 Å². The molecule has 2 atom stereocenters. The summed E-state index contributed by atoms with van der Waals surface area (Å²) in [5.74, 6) is -1.36. The van der Waals surface area contributed by atoms with Gasteiger partial charge in [-0.1, -0.05) is 13.8 Å². The molecule has 1 heterocycles. The van der Waals surface area contributed by atoms with E-state index in [2.05, 4.69) is 15.3 Å². The van der Waals surface area contributed by atoms with Gasteiger partial charge in [-0.25, -0.2) is 9.97 Å². The number of aromatic nitrogens is 2. The Morgan fingerprint density at radius 1 is 1.43 bits per heavy atom. The number of nitrogens with two attached hydrogens (primary N) is 1. The summed E-state index contributed by atoms with van der Waals surface area (Å²) in [6.07, 6.45) is -3.82. The van der Waals surface area contributed by atoms with E-state index in [4.69, 9.17) is 10.5 Å². The molecular weight excluding hydrogens is 285 g/mol. The second-order valence-electron chi connectivity index (χ2n) is 5.70. The molecule has 21 heavy (non-hydrogen) atoms. The van der Waals surface area contributed by atoms with E-state index in [9.17, 15) is 13.2 Å². The molecule has 0 aliphatic heterocycles. The SMILES string of the molecule is CCOC1CC(Nc2cc(N)nc(C(F)(F)F)n2)C1(C)C. The Labute approximate surface area is 121 Å². The number of nitrogen functional groups attached to an aromatic ring is 1. The third-order valence-electron chi connectivity index (χ3n) is 3.87. The molecule has 1 aliphatic rings. The molecule has 1 aromatic heterocycles. The van der Waals surface area contributed by atoms with Crippen LogP contribution in [0, 0.1) is 5.41 Å². The largest absolute Gasteiger partial charge is 0.451 e. The molecular formula is C13H19F3N4O. The monoisotopic (exact) mass is 304 g/mol. The van der Waals surface area contributed by atoms with Crippen molar-refractivity contribution in [1.29, 1.82) is 0 Å². The number of nitrogens with one attached hydrogen (secondary N) is 1. The van der Waals surface area contributed by atoms with Gasteiger partial charge in [0.2, 0.25) is 5.82 Å². The summed E-state index contributed by atoms with van der Waals surface area (Å²) in [5.41, 5.74) is 5.23. The van der Waals surface area contributed by atoms with Crippen LogP contribution >= 0.6 is 0 Å². The number of anilines is 2. The van der Waals surface area contributed by atoms with Gasteiger partial charge in [-0.2, -0.15) is 13.2 Å². The average molecular weight is 304 g/mol. The van der Waals surface area contributed by atoms with Crippen molar-refractivity contribution < 1.29 is 17.9 Å². The molecule has 8 heteroatoms. The predicted molar refractivity (Wildman–Crippen MR) is 72.7 cm³/mol. The fourth-order valence-corrected chi connectivity index (χ4v) is 2.46. The highest BCUT2D eigenvalue weighted by molar-refractivity contribution is 5.46. The summed E-state index contributed by atoms with van der Waals surface area (Å²) in [5, 5.41) is 3.00. The molecule has 5 nitrogen and oxygen atoms in total. The normalized spacial score (nSPS) is 24.5. The lowest BCUT2D eigenvalue weighted by molar-refractivity contribution is -0.144. The number of alkyl halides is 3. The van der Waals surface area contributed by atoms with Gasteiger partial charge >= 0.3 is 6.18 Å². The molecule has 1 saturated carbocycles. The van der Waals surface area contributed by atoms with Crippen molar-refractivity contribution in [1.82, 2.24) is 9.97 Å². The van der Waals surface area contributed by atoms with Crippen LogP contribution in [0.25, 0.3) is 0 Å². The molecule has 0 saturated heterocycles. The number of nitrogens with zero attached hydrogens (tertiary/aromatic N) is 2. The molecule has 1 aromatic rings. The minimum Gasteiger partial charge on any atom is -0.384 e. The van der Waals surface area contributed by atoms with Gasteiger partial charge in [0.15, 0.2) is 0 Å². The average Bonchev–Trinajstić information content (AvgIpc) is 2.36. The van der Waals surface area contributed by atoms with Gasteiger partial charge in [-0.3, -0.25) is 0 Å². The fourth-order valence-electron chi connectivity index (χ4n) is 2.46. The Bertz CT molecular complexity index is 519. The van der Waals surface area contributed by atoms with E-state index in [0.29, 0.717) is 13.0 Å². The summed E-state index contributed by atoms with van der Waals surface area (Å²) < 4.78 is 43.6. The van der Waals surface area contributed by atoms with Crippen LogP contribution in [0.2, 0.25) is 0 Å². The topological polar surface area (TPSA) is 73.1 Å². The van der Waals surface area contributed by atoms with Crippen molar-refractivity contribution in [2.24, 2.45) is 5.41 Å². The van der Waals surface area contributed by atoms with Crippen LogP contribution in [-0.2, 0) is 10.9 Å². The zero-order valence-corrected chi connectivity index (χ0v) is 12.2. The minimum atomic E-state index is -4.62. The van der Waals surface area contributed by atoms with Gasteiger partial charge < -0.3 is 15.8 Å². The van der Waals surface area contributed by atoms with Gasteiger partial charge in [0, 0.05) is 24.1 Å². The Morgan fingerprint density at radius 3 is 2.62 bits per heavy atom. The molecule has 2 unspecified atom stereocenters. The van der Waals surface area contributed by atoms with Crippen molar-refractivity contribution in [2.45, 2.75) is 45.5 Å². The quantitative estimate of drug-likeness (QED) is 0.894. The smallest absolute Gasteiger partial charge is 0.384 e. The fraction of sp³-hybridized carbons (Fsp3) is 0.692. The van der Waals surface area contributed by atoms with Gasteiger partial charge in [0.25, 0.3) is 0 Å². The molecule has 0 radical (unpaired) electrons. The van der Waals surface area contributed by atoms with Crippen molar-refractivity contribution >= 4 is 11.6 Å². The van der Waals surface area contributed by atoms with Crippen molar-refractivity contribution in [3.63, 3.8) is 0 Å². The number of halogens is 3. The van der Waals surface area contributed by atoms with E-state index in [0.717, 1.165) is 0 Å². The zero-order chi connectivity index (χ0) is 15.8. The second kappa shape index (κ2) is 5.32. The highest BCUT2D eigenvalue weighted by atomic mass is 19.4. The van der Waals surface area contributed by atoms with Crippen LogP contribution < -0.4 is 11.1 Å². The third kappa shape index (κ3) is 3.20. The second-order valence-corrected chi connectivity index (χ2v) is 5.70. The molecule has 2 rings (SSSR count). The number of ether oxygens (including phenoxy) is 1. The molecule has 3 N–H and O–H groups in total. The maximum atomic E-state index is 12.7. The van der Waals surface area contributed by atoms with Gasteiger partial charge in [-0.05, 0) is 13.3 Å². The van der Waals surface area contributed by atoms with Crippen LogP contribution in [0.4, 0.5) is 24.8 Å². The minimum absolute atomic E-state index is 0.0237. The van der Waals surface area contributed by atoms with E-state index in [1.54, 1.807) is 0 Å². The molecule has 0 aromatic carbocycles. The first-order valence-electron chi connectivity index (χ1n) is 6.74. The molecule has 118 valence electrons. The maximum Gasteiger partial charge on any atom is 0.451 e. The van der Waals surface area contributed by atoms with Crippen molar-refractivity contribution in [3.05, 3.63) is 11.9 Å². The number of rotatable bonds is 4. The first-order chi connectivity index (χ1) is 9.64. The Hall–Kier alpha value is -1.57. The lowest BCUT2D eigenvalue weighted by Crippen LogP contribution is -2.58. The van der Waals surface area contributed by atoms with E-state index < -0.39 is 12.0 Å². The van der Waals surface area contributed by atoms with Crippen LogP contribution in [0.3, 0.4) is 0 Å². The highest BCUT2D eigenvalue weighted by Crippen LogP contribution is 2.44. The van der Waals surface area contributed by atoms with E-state index in [-0.39, 0.29) is 29.2 Å². The van der Waals surface area contributed by atoms with E-state index in [1.807, 2.05) is 20.8 Å². The van der Waals surface area contributed by atoms with E-state index >= 15 is 0 Å². The zero-order valence-electron chi connectivity index (χ0n) is 12.2. The van der Waals surface area contributed by atoms with Crippen LogP contribution in [-0.4, -0.2) is 28.7 Å². The van der Waals surface area contributed by atoms with Crippen molar-refractivity contribution in [2.75, 3.05) is 17.7 Å². The van der Waals surface area contributed by atoms with Crippen molar-refractivity contribution in [3.8, 4) is 0 Å². The Kier molecular flexibility index (Phi) is 4.01. The van der Waals surface area contributed by atoms with Gasteiger partial charge in [0.05, 0.1) is 6.10 Å². The predicted octanol–water partition coefficient (Wildman–Crippen LogP) is 2.69.